The van der Waals surface area contributed by atoms with Crippen LogP contribution in [-0.4, -0.2) is 12.0 Å². The van der Waals surface area contributed by atoms with Gasteiger partial charge >= 0.3 is 6.18 Å². The van der Waals surface area contributed by atoms with Crippen molar-refractivity contribution in [3.05, 3.63) is 58.1 Å². The summed E-state index contributed by atoms with van der Waals surface area (Å²) in [6.45, 7) is 1.46. The van der Waals surface area contributed by atoms with Crippen LogP contribution in [0.5, 0.6) is 5.75 Å². The van der Waals surface area contributed by atoms with Crippen LogP contribution in [0.1, 0.15) is 12.5 Å². The molecule has 0 aliphatic heterocycles. The summed E-state index contributed by atoms with van der Waals surface area (Å²) in [4.78, 5) is 12.1. The van der Waals surface area contributed by atoms with Crippen molar-refractivity contribution in [2.24, 2.45) is 0 Å². The van der Waals surface area contributed by atoms with Crippen LogP contribution in [0.2, 0.25) is 10.0 Å². The highest BCUT2D eigenvalue weighted by Gasteiger charge is 2.31. The van der Waals surface area contributed by atoms with Gasteiger partial charge in [0.15, 0.2) is 6.10 Å². The van der Waals surface area contributed by atoms with Crippen molar-refractivity contribution in [2.75, 3.05) is 5.32 Å². The molecule has 3 nitrogen and oxygen atoms in total. The minimum atomic E-state index is -4.53. The van der Waals surface area contributed by atoms with Crippen LogP contribution in [0.4, 0.5) is 18.9 Å². The number of anilines is 1. The van der Waals surface area contributed by atoms with E-state index in [0.717, 1.165) is 18.2 Å². The summed E-state index contributed by atoms with van der Waals surface area (Å²) in [5.41, 5.74) is -1.04. The van der Waals surface area contributed by atoms with Crippen molar-refractivity contribution < 1.29 is 22.7 Å². The minimum Gasteiger partial charge on any atom is -0.481 e. The first-order valence-corrected chi connectivity index (χ1v) is 7.52. The van der Waals surface area contributed by atoms with Gasteiger partial charge in [-0.15, -0.1) is 0 Å². The molecule has 0 saturated heterocycles. The molecule has 0 heterocycles. The zero-order valence-corrected chi connectivity index (χ0v) is 13.8. The number of ether oxygens (including phenoxy) is 1. The molecule has 1 amide bonds. The summed E-state index contributed by atoms with van der Waals surface area (Å²) < 4.78 is 43.6. The van der Waals surface area contributed by atoms with E-state index in [1.54, 1.807) is 24.3 Å². The van der Waals surface area contributed by atoms with Gasteiger partial charge in [-0.25, -0.2) is 0 Å². The predicted octanol–water partition coefficient (Wildman–Crippen LogP) is 5.42. The van der Waals surface area contributed by atoms with Gasteiger partial charge in [0, 0.05) is 5.02 Å². The molecule has 2 aromatic carbocycles. The lowest BCUT2D eigenvalue weighted by atomic mass is 10.2. The Bertz CT molecular complexity index is 733. The van der Waals surface area contributed by atoms with Crippen molar-refractivity contribution in [1.82, 2.24) is 0 Å². The maximum Gasteiger partial charge on any atom is 0.416 e. The number of hydrogen-bond donors (Lipinski definition) is 1. The fraction of sp³-hybridized carbons (Fsp3) is 0.188. The fourth-order valence-corrected chi connectivity index (χ4v) is 2.09. The van der Waals surface area contributed by atoms with Gasteiger partial charge < -0.3 is 10.1 Å². The molecule has 1 unspecified atom stereocenters. The number of hydrogen-bond acceptors (Lipinski definition) is 2. The van der Waals surface area contributed by atoms with E-state index in [4.69, 9.17) is 27.9 Å². The molecule has 0 fully saturated rings. The Hall–Kier alpha value is -1.92. The average Bonchev–Trinajstić information content (AvgIpc) is 2.50. The molecule has 0 saturated carbocycles. The molecule has 24 heavy (non-hydrogen) atoms. The highest BCUT2D eigenvalue weighted by atomic mass is 35.5. The Morgan fingerprint density at radius 3 is 2.33 bits per heavy atom. The number of alkyl halides is 3. The van der Waals surface area contributed by atoms with Gasteiger partial charge in [-0.3, -0.25) is 4.79 Å². The zero-order valence-electron chi connectivity index (χ0n) is 12.3. The number of halogens is 5. The number of amides is 1. The maximum absolute atomic E-state index is 12.7. The van der Waals surface area contributed by atoms with Gasteiger partial charge in [-0.2, -0.15) is 13.2 Å². The molecule has 0 aliphatic rings. The van der Waals surface area contributed by atoms with E-state index in [-0.39, 0.29) is 10.7 Å². The first-order valence-electron chi connectivity index (χ1n) is 6.76. The molecule has 0 aromatic heterocycles. The molecule has 2 aromatic rings. The Kier molecular flexibility index (Phi) is 5.62. The first-order chi connectivity index (χ1) is 11.2. The lowest BCUT2D eigenvalue weighted by molar-refractivity contribution is -0.137. The van der Waals surface area contributed by atoms with Gasteiger partial charge in [-0.05, 0) is 49.4 Å². The summed E-state index contributed by atoms with van der Waals surface area (Å²) in [6.07, 6.45) is -5.48. The van der Waals surface area contributed by atoms with E-state index in [1.807, 2.05) is 0 Å². The monoisotopic (exact) mass is 377 g/mol. The van der Waals surface area contributed by atoms with Gasteiger partial charge in [0.25, 0.3) is 5.91 Å². The summed E-state index contributed by atoms with van der Waals surface area (Å²) in [7, 11) is 0. The second-order valence-electron chi connectivity index (χ2n) is 4.90. The molecular formula is C16H12Cl2F3NO2. The van der Waals surface area contributed by atoms with Crippen LogP contribution in [0.3, 0.4) is 0 Å². The van der Waals surface area contributed by atoms with Crippen LogP contribution in [0.15, 0.2) is 42.5 Å². The third-order valence-corrected chi connectivity index (χ3v) is 3.63. The zero-order chi connectivity index (χ0) is 17.9. The number of carbonyl (C=O) groups is 1. The summed E-state index contributed by atoms with van der Waals surface area (Å²) in [6, 6.07) is 9.01. The van der Waals surface area contributed by atoms with E-state index in [0.29, 0.717) is 10.8 Å². The average molecular weight is 378 g/mol. The molecule has 0 aliphatic carbocycles. The quantitative estimate of drug-likeness (QED) is 0.772. The first kappa shape index (κ1) is 18.4. The Labute approximate surface area is 146 Å². The van der Waals surface area contributed by atoms with Gasteiger partial charge in [0.2, 0.25) is 0 Å². The summed E-state index contributed by atoms with van der Waals surface area (Å²) in [5.74, 6) is -0.233. The number of rotatable bonds is 4. The molecule has 0 spiro atoms. The summed E-state index contributed by atoms with van der Waals surface area (Å²) in [5, 5.41) is 2.84. The molecule has 0 bridgehead atoms. The Morgan fingerprint density at radius 2 is 1.75 bits per heavy atom. The SMILES string of the molecule is CC(Oc1ccc(Cl)cc1)C(=O)Nc1cc(C(F)(F)F)ccc1Cl. The topological polar surface area (TPSA) is 38.3 Å². The molecular weight excluding hydrogens is 366 g/mol. The number of carbonyl (C=O) groups excluding carboxylic acids is 1. The molecule has 8 heteroatoms. The second-order valence-corrected chi connectivity index (χ2v) is 5.74. The number of nitrogens with one attached hydrogen (secondary N) is 1. The highest BCUT2D eigenvalue weighted by molar-refractivity contribution is 6.33. The minimum absolute atomic E-state index is 0.00459. The molecule has 0 radical (unpaired) electrons. The van der Waals surface area contributed by atoms with E-state index < -0.39 is 23.8 Å². The largest absolute Gasteiger partial charge is 0.481 e. The Balaban J connectivity index is 2.09. The lowest BCUT2D eigenvalue weighted by Crippen LogP contribution is -2.30. The third-order valence-electron chi connectivity index (χ3n) is 3.05. The van der Waals surface area contributed by atoms with Crippen molar-refractivity contribution >= 4 is 34.8 Å². The van der Waals surface area contributed by atoms with Crippen molar-refractivity contribution in [1.29, 1.82) is 0 Å². The third kappa shape index (κ3) is 4.79. The normalized spacial score (nSPS) is 12.6. The molecule has 128 valence electrons. The van der Waals surface area contributed by atoms with E-state index in [2.05, 4.69) is 5.32 Å². The van der Waals surface area contributed by atoms with Crippen LogP contribution in [-0.2, 0) is 11.0 Å². The van der Waals surface area contributed by atoms with Crippen molar-refractivity contribution in [3.63, 3.8) is 0 Å². The highest BCUT2D eigenvalue weighted by Crippen LogP contribution is 2.33. The number of benzene rings is 2. The van der Waals surface area contributed by atoms with Crippen LogP contribution < -0.4 is 10.1 Å². The van der Waals surface area contributed by atoms with Crippen LogP contribution in [0.25, 0.3) is 0 Å². The molecule has 1 atom stereocenters. The standard InChI is InChI=1S/C16H12Cl2F3NO2/c1-9(24-12-5-3-11(17)4-6-12)15(23)22-14-8-10(16(19,20)21)2-7-13(14)18/h2-9H,1H3,(H,22,23). The van der Waals surface area contributed by atoms with Crippen molar-refractivity contribution in [3.8, 4) is 5.75 Å². The summed E-state index contributed by atoms with van der Waals surface area (Å²) >= 11 is 11.6. The van der Waals surface area contributed by atoms with E-state index >= 15 is 0 Å². The predicted molar refractivity (Wildman–Crippen MR) is 86.6 cm³/mol. The van der Waals surface area contributed by atoms with Gasteiger partial charge in [-0.1, -0.05) is 23.2 Å². The smallest absolute Gasteiger partial charge is 0.416 e. The van der Waals surface area contributed by atoms with Gasteiger partial charge in [0.1, 0.15) is 5.75 Å². The molecule has 1 N–H and O–H groups in total. The molecule has 2 rings (SSSR count). The Morgan fingerprint density at radius 1 is 1.12 bits per heavy atom. The van der Waals surface area contributed by atoms with Gasteiger partial charge in [0.05, 0.1) is 16.3 Å². The van der Waals surface area contributed by atoms with E-state index in [9.17, 15) is 18.0 Å². The second kappa shape index (κ2) is 7.32. The van der Waals surface area contributed by atoms with E-state index in [1.165, 1.54) is 6.92 Å². The fourth-order valence-electron chi connectivity index (χ4n) is 1.80. The van der Waals surface area contributed by atoms with Crippen LogP contribution in [0, 0.1) is 0 Å². The van der Waals surface area contributed by atoms with Crippen molar-refractivity contribution in [2.45, 2.75) is 19.2 Å². The van der Waals surface area contributed by atoms with Crippen LogP contribution >= 0.6 is 23.2 Å². The maximum atomic E-state index is 12.7. The lowest BCUT2D eigenvalue weighted by Gasteiger charge is -2.16.